The molecule has 1 fully saturated rings. The number of aryl methyl sites for hydroxylation is 1. The number of rotatable bonds is 3. The molecule has 3 heterocycles. The Morgan fingerprint density at radius 3 is 2.92 bits per heavy atom. The Balaban J connectivity index is 1.71. The number of benzene rings is 1. The van der Waals surface area contributed by atoms with Crippen molar-refractivity contribution in [3.05, 3.63) is 46.9 Å². The summed E-state index contributed by atoms with van der Waals surface area (Å²) in [6.45, 7) is 5.42. The standard InChI is InChI=1S/C20H26N4O2/c1-14-21-18-13-26-19-6-4-3-5-15(19)11-17(18)20(22-14)24-9-8-23(2)16(12-24)7-10-25/h3-6,16,25H,7-13H2,1-2H3. The lowest BCUT2D eigenvalue weighted by Gasteiger charge is -2.40. The van der Waals surface area contributed by atoms with Gasteiger partial charge in [0, 0.05) is 44.3 Å². The molecule has 2 aromatic rings. The molecule has 26 heavy (non-hydrogen) atoms. The molecule has 4 rings (SSSR count). The van der Waals surface area contributed by atoms with Crippen LogP contribution < -0.4 is 9.64 Å². The van der Waals surface area contributed by atoms with Gasteiger partial charge in [0.05, 0.1) is 5.69 Å². The minimum atomic E-state index is 0.213. The molecule has 0 saturated carbocycles. The van der Waals surface area contributed by atoms with Gasteiger partial charge >= 0.3 is 0 Å². The molecule has 0 aliphatic carbocycles. The zero-order chi connectivity index (χ0) is 18.1. The molecule has 2 aliphatic heterocycles. The normalized spacial score (nSPS) is 20.1. The molecule has 0 radical (unpaired) electrons. The van der Waals surface area contributed by atoms with Gasteiger partial charge in [-0.3, -0.25) is 4.90 Å². The number of para-hydroxylation sites is 1. The molecule has 1 aromatic carbocycles. The maximum absolute atomic E-state index is 9.39. The molecular weight excluding hydrogens is 328 g/mol. The van der Waals surface area contributed by atoms with E-state index < -0.39 is 0 Å². The average Bonchev–Trinajstić information content (AvgIpc) is 2.82. The minimum Gasteiger partial charge on any atom is -0.487 e. The number of anilines is 1. The molecule has 2 aliphatic rings. The molecule has 6 nitrogen and oxygen atoms in total. The number of hydrogen-bond donors (Lipinski definition) is 1. The van der Waals surface area contributed by atoms with Gasteiger partial charge in [0.1, 0.15) is 24.0 Å². The maximum atomic E-state index is 9.39. The molecule has 0 amide bonds. The van der Waals surface area contributed by atoms with Crippen LogP contribution in [0, 0.1) is 6.92 Å². The van der Waals surface area contributed by atoms with E-state index in [0.29, 0.717) is 12.6 Å². The Bertz CT molecular complexity index is 795. The van der Waals surface area contributed by atoms with E-state index in [0.717, 1.165) is 55.6 Å². The van der Waals surface area contributed by atoms with Crippen LogP contribution in [0.5, 0.6) is 5.75 Å². The first-order valence-corrected chi connectivity index (χ1v) is 9.29. The first kappa shape index (κ1) is 17.2. The van der Waals surface area contributed by atoms with E-state index in [1.807, 2.05) is 19.1 Å². The Morgan fingerprint density at radius 1 is 1.23 bits per heavy atom. The molecular formula is C20H26N4O2. The molecule has 1 N–H and O–H groups in total. The molecule has 1 aromatic heterocycles. The van der Waals surface area contributed by atoms with Crippen molar-refractivity contribution in [1.29, 1.82) is 0 Å². The summed E-state index contributed by atoms with van der Waals surface area (Å²) >= 11 is 0. The monoisotopic (exact) mass is 354 g/mol. The van der Waals surface area contributed by atoms with Gasteiger partial charge in [-0.25, -0.2) is 9.97 Å². The Hall–Kier alpha value is -2.18. The van der Waals surface area contributed by atoms with Crippen LogP contribution in [0.3, 0.4) is 0 Å². The number of piperazine rings is 1. The van der Waals surface area contributed by atoms with Crippen molar-refractivity contribution in [1.82, 2.24) is 14.9 Å². The lowest BCUT2D eigenvalue weighted by molar-refractivity contribution is 0.170. The summed E-state index contributed by atoms with van der Waals surface area (Å²) in [6, 6.07) is 8.54. The Morgan fingerprint density at radius 2 is 2.08 bits per heavy atom. The molecule has 1 saturated heterocycles. The van der Waals surface area contributed by atoms with E-state index in [9.17, 15) is 5.11 Å². The van der Waals surface area contributed by atoms with Gasteiger partial charge in [0.25, 0.3) is 0 Å². The van der Waals surface area contributed by atoms with Gasteiger partial charge in [-0.15, -0.1) is 0 Å². The number of fused-ring (bicyclic) bond motifs is 2. The van der Waals surface area contributed by atoms with Crippen LogP contribution in [0.1, 0.15) is 29.1 Å². The number of aliphatic hydroxyl groups excluding tert-OH is 1. The third-order valence-electron chi connectivity index (χ3n) is 5.43. The fourth-order valence-corrected chi connectivity index (χ4v) is 3.93. The number of aromatic nitrogens is 2. The maximum Gasteiger partial charge on any atom is 0.136 e. The van der Waals surface area contributed by atoms with Gasteiger partial charge in [-0.05, 0) is 32.0 Å². The van der Waals surface area contributed by atoms with Crippen LogP contribution in [-0.4, -0.2) is 59.3 Å². The van der Waals surface area contributed by atoms with Crippen molar-refractivity contribution >= 4 is 5.82 Å². The van der Waals surface area contributed by atoms with E-state index >= 15 is 0 Å². The topological polar surface area (TPSA) is 61.7 Å². The van der Waals surface area contributed by atoms with Crippen LogP contribution in [0.4, 0.5) is 5.82 Å². The van der Waals surface area contributed by atoms with Crippen LogP contribution in [0.25, 0.3) is 0 Å². The van der Waals surface area contributed by atoms with E-state index in [-0.39, 0.29) is 6.61 Å². The summed E-state index contributed by atoms with van der Waals surface area (Å²) in [7, 11) is 2.13. The van der Waals surface area contributed by atoms with Crippen molar-refractivity contribution in [3.63, 3.8) is 0 Å². The smallest absolute Gasteiger partial charge is 0.136 e. The zero-order valence-corrected chi connectivity index (χ0v) is 15.5. The Kier molecular flexibility index (Phi) is 4.78. The van der Waals surface area contributed by atoms with Crippen molar-refractivity contribution in [2.24, 2.45) is 0 Å². The summed E-state index contributed by atoms with van der Waals surface area (Å²) in [5.41, 5.74) is 3.34. The molecule has 0 bridgehead atoms. The van der Waals surface area contributed by atoms with Crippen molar-refractivity contribution in [3.8, 4) is 5.75 Å². The number of ether oxygens (including phenoxy) is 1. The Labute approximate surface area is 154 Å². The van der Waals surface area contributed by atoms with Gasteiger partial charge in [-0.1, -0.05) is 18.2 Å². The summed E-state index contributed by atoms with van der Waals surface area (Å²) in [5, 5.41) is 9.39. The highest BCUT2D eigenvalue weighted by molar-refractivity contribution is 5.54. The number of hydrogen-bond acceptors (Lipinski definition) is 6. The highest BCUT2D eigenvalue weighted by Crippen LogP contribution is 2.32. The largest absolute Gasteiger partial charge is 0.487 e. The van der Waals surface area contributed by atoms with Crippen LogP contribution >= 0.6 is 0 Å². The predicted molar refractivity (Wildman–Crippen MR) is 101 cm³/mol. The molecule has 138 valence electrons. The van der Waals surface area contributed by atoms with Crippen LogP contribution in [0.15, 0.2) is 24.3 Å². The van der Waals surface area contributed by atoms with E-state index in [2.05, 4.69) is 34.0 Å². The average molecular weight is 354 g/mol. The molecule has 6 heteroatoms. The van der Waals surface area contributed by atoms with Crippen molar-refractivity contribution < 1.29 is 9.84 Å². The summed E-state index contributed by atoms with van der Waals surface area (Å²) in [4.78, 5) is 14.2. The van der Waals surface area contributed by atoms with Crippen LogP contribution in [-0.2, 0) is 13.0 Å². The SMILES string of the molecule is Cc1nc2c(c(N3CCN(C)C(CCO)C3)n1)Cc1ccccc1OC2. The third kappa shape index (κ3) is 3.27. The van der Waals surface area contributed by atoms with Gasteiger partial charge in [0.15, 0.2) is 0 Å². The minimum absolute atomic E-state index is 0.213. The number of likely N-dealkylation sites (N-methyl/N-ethyl adjacent to an activating group) is 1. The second-order valence-electron chi connectivity index (χ2n) is 7.19. The van der Waals surface area contributed by atoms with Crippen molar-refractivity contribution in [2.45, 2.75) is 32.4 Å². The highest BCUT2D eigenvalue weighted by atomic mass is 16.5. The summed E-state index contributed by atoms with van der Waals surface area (Å²) in [6.07, 6.45) is 1.57. The molecule has 1 atom stereocenters. The highest BCUT2D eigenvalue weighted by Gasteiger charge is 2.28. The lowest BCUT2D eigenvalue weighted by atomic mass is 10.0. The van der Waals surface area contributed by atoms with Crippen LogP contribution in [0.2, 0.25) is 0 Å². The second-order valence-corrected chi connectivity index (χ2v) is 7.19. The second kappa shape index (κ2) is 7.21. The lowest BCUT2D eigenvalue weighted by Crippen LogP contribution is -2.52. The number of nitrogens with zero attached hydrogens (tertiary/aromatic N) is 4. The zero-order valence-electron chi connectivity index (χ0n) is 15.5. The van der Waals surface area contributed by atoms with Gasteiger partial charge in [0.2, 0.25) is 0 Å². The van der Waals surface area contributed by atoms with E-state index in [1.54, 1.807) is 0 Å². The number of aliphatic hydroxyl groups is 1. The first-order valence-electron chi connectivity index (χ1n) is 9.29. The molecule has 1 unspecified atom stereocenters. The van der Waals surface area contributed by atoms with E-state index in [1.165, 1.54) is 11.1 Å². The van der Waals surface area contributed by atoms with Gasteiger partial charge < -0.3 is 14.7 Å². The third-order valence-corrected chi connectivity index (χ3v) is 5.43. The predicted octanol–water partition coefficient (Wildman–Crippen LogP) is 1.77. The fraction of sp³-hybridized carbons (Fsp3) is 0.500. The van der Waals surface area contributed by atoms with Gasteiger partial charge in [-0.2, -0.15) is 0 Å². The quantitative estimate of drug-likeness (QED) is 0.906. The first-order chi connectivity index (χ1) is 12.7. The summed E-state index contributed by atoms with van der Waals surface area (Å²) in [5.74, 6) is 2.75. The molecule has 0 spiro atoms. The fourth-order valence-electron chi connectivity index (χ4n) is 3.93. The summed E-state index contributed by atoms with van der Waals surface area (Å²) < 4.78 is 6.00. The van der Waals surface area contributed by atoms with Crippen molar-refractivity contribution in [2.75, 3.05) is 38.2 Å². The van der Waals surface area contributed by atoms with E-state index in [4.69, 9.17) is 9.72 Å².